The van der Waals surface area contributed by atoms with Gasteiger partial charge in [-0.3, -0.25) is 4.79 Å². The van der Waals surface area contributed by atoms with Crippen LogP contribution in [0.25, 0.3) is 0 Å². The van der Waals surface area contributed by atoms with E-state index in [9.17, 15) is 18.0 Å². The molecule has 0 fully saturated rings. The lowest BCUT2D eigenvalue weighted by Gasteiger charge is -2.06. The summed E-state index contributed by atoms with van der Waals surface area (Å²) in [5, 5.41) is 0. The lowest BCUT2D eigenvalue weighted by Crippen LogP contribution is -2.22. The minimum atomic E-state index is -4.40. The highest BCUT2D eigenvalue weighted by Crippen LogP contribution is 2.29. The molecule has 0 bridgehead atoms. The van der Waals surface area contributed by atoms with Crippen LogP contribution in [0.1, 0.15) is 11.1 Å². The predicted molar refractivity (Wildman–Crippen MR) is 52.3 cm³/mol. The van der Waals surface area contributed by atoms with Crippen LogP contribution in [0.4, 0.5) is 13.2 Å². The number of primary amides is 1. The van der Waals surface area contributed by atoms with Gasteiger partial charge in [-0.15, -0.1) is 0 Å². The Morgan fingerprint density at radius 1 is 1.20 bits per heavy atom. The average molecular weight is 233 g/mol. The third-order valence-corrected chi connectivity index (χ3v) is 2.14. The van der Waals surface area contributed by atoms with Crippen molar-refractivity contribution in [2.45, 2.75) is 6.18 Å². The van der Waals surface area contributed by atoms with E-state index in [1.807, 2.05) is 0 Å². The fraction of sp³-hybridized carbons (Fsp3) is 0.111. The second-order valence-corrected chi connectivity index (χ2v) is 3.18. The van der Waals surface area contributed by atoms with Gasteiger partial charge in [-0.25, -0.2) is 0 Å². The van der Waals surface area contributed by atoms with E-state index in [-0.39, 0.29) is 10.4 Å². The monoisotopic (exact) mass is 233 g/mol. The highest BCUT2D eigenvalue weighted by atomic mass is 32.1. The van der Waals surface area contributed by atoms with Crippen LogP contribution in [-0.4, -0.2) is 10.8 Å². The van der Waals surface area contributed by atoms with Gasteiger partial charge < -0.3 is 5.73 Å². The molecule has 1 aromatic carbocycles. The molecule has 1 amide bonds. The van der Waals surface area contributed by atoms with Crippen LogP contribution >= 0.6 is 12.2 Å². The molecule has 15 heavy (non-hydrogen) atoms. The van der Waals surface area contributed by atoms with Gasteiger partial charge in [-0.1, -0.05) is 24.4 Å². The van der Waals surface area contributed by atoms with Gasteiger partial charge in [0.25, 0.3) is 5.91 Å². The Morgan fingerprint density at radius 3 is 2.00 bits per heavy atom. The first kappa shape index (κ1) is 11.6. The SMILES string of the molecule is NC(=O)C(=S)c1ccc(C(F)(F)F)cc1. The number of thiocarbonyl (C=S) groups is 1. The highest BCUT2D eigenvalue weighted by molar-refractivity contribution is 7.82. The summed E-state index contributed by atoms with van der Waals surface area (Å²) in [4.78, 5) is 10.5. The molecule has 2 N–H and O–H groups in total. The largest absolute Gasteiger partial charge is 0.416 e. The van der Waals surface area contributed by atoms with Gasteiger partial charge in [-0.05, 0) is 17.7 Å². The molecule has 0 saturated heterocycles. The molecule has 0 heterocycles. The van der Waals surface area contributed by atoms with Crippen molar-refractivity contribution >= 4 is 23.0 Å². The lowest BCUT2D eigenvalue weighted by atomic mass is 10.1. The molecular formula is C9H6F3NOS. The van der Waals surface area contributed by atoms with Crippen molar-refractivity contribution in [1.82, 2.24) is 0 Å². The predicted octanol–water partition coefficient (Wildman–Crippen LogP) is 1.91. The Balaban J connectivity index is 3.01. The minimum Gasteiger partial charge on any atom is -0.365 e. The Kier molecular flexibility index (Phi) is 3.09. The van der Waals surface area contributed by atoms with Crippen molar-refractivity contribution in [2.24, 2.45) is 5.73 Å². The number of alkyl halides is 3. The number of halogens is 3. The molecule has 1 rings (SSSR count). The number of benzene rings is 1. The zero-order valence-electron chi connectivity index (χ0n) is 7.34. The van der Waals surface area contributed by atoms with Gasteiger partial charge in [0.05, 0.1) is 5.56 Å². The maximum absolute atomic E-state index is 12.2. The lowest BCUT2D eigenvalue weighted by molar-refractivity contribution is -0.137. The molecule has 0 radical (unpaired) electrons. The second kappa shape index (κ2) is 3.98. The summed E-state index contributed by atoms with van der Waals surface area (Å²) in [6.07, 6.45) is -4.40. The van der Waals surface area contributed by atoms with Crippen LogP contribution in [0, 0.1) is 0 Å². The molecule has 1 aromatic rings. The van der Waals surface area contributed by atoms with Gasteiger partial charge in [0.15, 0.2) is 0 Å². The summed E-state index contributed by atoms with van der Waals surface area (Å²) in [6.45, 7) is 0. The summed E-state index contributed by atoms with van der Waals surface area (Å²) < 4.78 is 36.5. The molecule has 0 aliphatic carbocycles. The summed E-state index contributed by atoms with van der Waals surface area (Å²) in [6, 6.07) is 3.95. The minimum absolute atomic E-state index is 0.177. The van der Waals surface area contributed by atoms with Crippen LogP contribution < -0.4 is 5.73 Å². The number of hydrogen-bond donors (Lipinski definition) is 1. The van der Waals surface area contributed by atoms with Crippen molar-refractivity contribution in [1.29, 1.82) is 0 Å². The molecule has 0 unspecified atom stereocenters. The number of nitrogens with two attached hydrogens (primary N) is 1. The van der Waals surface area contributed by atoms with Crippen molar-refractivity contribution < 1.29 is 18.0 Å². The van der Waals surface area contributed by atoms with Gasteiger partial charge in [0.2, 0.25) is 0 Å². The molecule has 0 atom stereocenters. The Morgan fingerprint density at radius 2 is 1.67 bits per heavy atom. The Labute approximate surface area is 88.9 Å². The maximum Gasteiger partial charge on any atom is 0.416 e. The van der Waals surface area contributed by atoms with E-state index in [1.165, 1.54) is 0 Å². The van der Waals surface area contributed by atoms with Crippen LogP contribution in [-0.2, 0) is 11.0 Å². The molecule has 80 valence electrons. The fourth-order valence-electron chi connectivity index (χ4n) is 0.953. The van der Waals surface area contributed by atoms with E-state index in [4.69, 9.17) is 5.73 Å². The molecule has 0 aromatic heterocycles. The third kappa shape index (κ3) is 2.76. The molecule has 0 aliphatic heterocycles. The topological polar surface area (TPSA) is 43.1 Å². The average Bonchev–Trinajstić information content (AvgIpc) is 2.15. The van der Waals surface area contributed by atoms with Crippen LogP contribution in [0.3, 0.4) is 0 Å². The van der Waals surface area contributed by atoms with Gasteiger partial charge >= 0.3 is 6.18 Å². The van der Waals surface area contributed by atoms with Crippen LogP contribution in [0.15, 0.2) is 24.3 Å². The summed E-state index contributed by atoms with van der Waals surface area (Å²) >= 11 is 4.63. The maximum atomic E-state index is 12.2. The van der Waals surface area contributed by atoms with E-state index >= 15 is 0 Å². The standard InChI is InChI=1S/C9H6F3NOS/c10-9(11,12)6-3-1-5(2-4-6)7(15)8(13)14/h1-4H,(H2,13,14). The molecular weight excluding hydrogens is 227 g/mol. The normalized spacial score (nSPS) is 11.1. The zero-order chi connectivity index (χ0) is 11.6. The summed E-state index contributed by atoms with van der Waals surface area (Å²) in [5.41, 5.74) is 4.31. The highest BCUT2D eigenvalue weighted by Gasteiger charge is 2.30. The van der Waals surface area contributed by atoms with Crippen molar-refractivity contribution in [3.63, 3.8) is 0 Å². The zero-order valence-corrected chi connectivity index (χ0v) is 8.15. The van der Waals surface area contributed by atoms with Crippen molar-refractivity contribution in [3.8, 4) is 0 Å². The van der Waals surface area contributed by atoms with Gasteiger partial charge in [-0.2, -0.15) is 13.2 Å². The summed E-state index contributed by atoms with van der Waals surface area (Å²) in [7, 11) is 0. The van der Waals surface area contributed by atoms with E-state index < -0.39 is 17.6 Å². The van der Waals surface area contributed by atoms with E-state index in [2.05, 4.69) is 12.2 Å². The molecule has 0 aliphatic rings. The Hall–Kier alpha value is -1.43. The number of carbonyl (C=O) groups is 1. The first-order valence-corrected chi connectivity index (χ1v) is 4.24. The molecule has 2 nitrogen and oxygen atoms in total. The van der Waals surface area contributed by atoms with E-state index in [1.54, 1.807) is 0 Å². The number of carbonyl (C=O) groups excluding carboxylic acids is 1. The first-order chi connectivity index (χ1) is 6.82. The van der Waals surface area contributed by atoms with Crippen LogP contribution in [0.5, 0.6) is 0 Å². The van der Waals surface area contributed by atoms with Gasteiger partial charge in [0, 0.05) is 0 Å². The second-order valence-electron chi connectivity index (χ2n) is 2.77. The van der Waals surface area contributed by atoms with Crippen molar-refractivity contribution in [2.75, 3.05) is 0 Å². The third-order valence-electron chi connectivity index (χ3n) is 1.70. The number of amides is 1. The smallest absolute Gasteiger partial charge is 0.365 e. The Bertz CT molecular complexity index is 397. The number of hydrogen-bond acceptors (Lipinski definition) is 2. The first-order valence-electron chi connectivity index (χ1n) is 3.84. The van der Waals surface area contributed by atoms with E-state index in [0.717, 1.165) is 24.3 Å². The quantitative estimate of drug-likeness (QED) is 0.626. The summed E-state index contributed by atoms with van der Waals surface area (Å²) in [5.74, 6) is -0.829. The van der Waals surface area contributed by atoms with Crippen molar-refractivity contribution in [3.05, 3.63) is 35.4 Å². The van der Waals surface area contributed by atoms with Crippen LogP contribution in [0.2, 0.25) is 0 Å². The number of rotatable bonds is 2. The van der Waals surface area contributed by atoms with E-state index in [0.29, 0.717) is 0 Å². The molecule has 6 heteroatoms. The molecule has 0 saturated carbocycles. The molecule has 0 spiro atoms. The van der Waals surface area contributed by atoms with Gasteiger partial charge in [0.1, 0.15) is 4.86 Å². The fourth-order valence-corrected chi connectivity index (χ4v) is 1.09.